The summed E-state index contributed by atoms with van der Waals surface area (Å²) in [6, 6.07) is 16.3. The average molecular weight is 283 g/mol. The molecule has 3 rings (SSSR count). The molecule has 0 atom stereocenters. The van der Waals surface area contributed by atoms with Crippen LogP contribution in [0.2, 0.25) is 0 Å². The fraction of sp³-hybridized carbons (Fsp3) is 0.368. The molecule has 0 radical (unpaired) electrons. The van der Waals surface area contributed by atoms with Crippen molar-refractivity contribution in [3.63, 3.8) is 0 Å². The predicted octanol–water partition coefficient (Wildman–Crippen LogP) is 4.21. The molecule has 0 saturated heterocycles. The Kier molecular flexibility index (Phi) is 4.35. The van der Waals surface area contributed by atoms with E-state index < -0.39 is 0 Å². The van der Waals surface area contributed by atoms with Crippen LogP contribution in [0, 0.1) is 12.7 Å². The van der Waals surface area contributed by atoms with Gasteiger partial charge in [0.25, 0.3) is 0 Å². The first-order valence-electron chi connectivity index (χ1n) is 7.75. The minimum Gasteiger partial charge on any atom is -0.314 e. The first-order chi connectivity index (χ1) is 10.2. The maximum atomic E-state index is 13.2. The van der Waals surface area contributed by atoms with Crippen molar-refractivity contribution in [1.82, 2.24) is 5.32 Å². The van der Waals surface area contributed by atoms with Gasteiger partial charge in [-0.15, -0.1) is 0 Å². The van der Waals surface area contributed by atoms with Crippen molar-refractivity contribution in [3.8, 4) is 0 Å². The minimum atomic E-state index is -0.122. The maximum absolute atomic E-state index is 13.2. The second kappa shape index (κ2) is 6.40. The molecule has 1 aliphatic carbocycles. The van der Waals surface area contributed by atoms with E-state index in [9.17, 15) is 4.39 Å². The van der Waals surface area contributed by atoms with E-state index in [0.29, 0.717) is 12.0 Å². The molecule has 0 amide bonds. The van der Waals surface area contributed by atoms with Gasteiger partial charge in [-0.1, -0.05) is 42.0 Å². The quantitative estimate of drug-likeness (QED) is 0.866. The first-order valence-corrected chi connectivity index (χ1v) is 7.75. The van der Waals surface area contributed by atoms with E-state index in [2.05, 4.69) is 36.5 Å². The van der Waals surface area contributed by atoms with Crippen LogP contribution in [0.5, 0.6) is 0 Å². The lowest BCUT2D eigenvalue weighted by Gasteiger charge is -2.36. The van der Waals surface area contributed by atoms with Gasteiger partial charge in [-0.2, -0.15) is 0 Å². The van der Waals surface area contributed by atoms with E-state index in [1.165, 1.54) is 17.2 Å². The van der Waals surface area contributed by atoms with Crippen LogP contribution < -0.4 is 5.32 Å². The minimum absolute atomic E-state index is 0.122. The van der Waals surface area contributed by atoms with Crippen molar-refractivity contribution >= 4 is 0 Å². The monoisotopic (exact) mass is 283 g/mol. The molecule has 1 nitrogen and oxygen atoms in total. The number of hydrogen-bond donors (Lipinski definition) is 1. The van der Waals surface area contributed by atoms with Crippen molar-refractivity contribution in [1.29, 1.82) is 0 Å². The van der Waals surface area contributed by atoms with Crippen LogP contribution in [0.3, 0.4) is 0 Å². The van der Waals surface area contributed by atoms with Gasteiger partial charge in [0.1, 0.15) is 5.82 Å². The molecule has 0 aromatic heterocycles. The van der Waals surface area contributed by atoms with Gasteiger partial charge in [-0.25, -0.2) is 4.39 Å². The van der Waals surface area contributed by atoms with Crippen LogP contribution in [0.4, 0.5) is 4.39 Å². The molecule has 1 N–H and O–H groups in total. The Bertz CT molecular complexity index is 602. The van der Waals surface area contributed by atoms with Crippen molar-refractivity contribution in [2.75, 3.05) is 6.54 Å². The molecule has 1 fully saturated rings. The zero-order valence-corrected chi connectivity index (χ0v) is 12.5. The zero-order valence-electron chi connectivity index (χ0n) is 12.5. The number of benzene rings is 2. The Morgan fingerprint density at radius 1 is 1.10 bits per heavy atom. The van der Waals surface area contributed by atoms with Gasteiger partial charge in [0.15, 0.2) is 0 Å². The van der Waals surface area contributed by atoms with Gasteiger partial charge < -0.3 is 5.32 Å². The highest BCUT2D eigenvalue weighted by Crippen LogP contribution is 2.36. The van der Waals surface area contributed by atoms with E-state index in [4.69, 9.17) is 0 Å². The summed E-state index contributed by atoms with van der Waals surface area (Å²) in [4.78, 5) is 0. The summed E-state index contributed by atoms with van der Waals surface area (Å²) in [5.41, 5.74) is 3.86. The van der Waals surface area contributed by atoms with E-state index in [-0.39, 0.29) is 5.82 Å². The van der Waals surface area contributed by atoms with E-state index in [0.717, 1.165) is 31.4 Å². The Morgan fingerprint density at radius 3 is 2.67 bits per heavy atom. The molecule has 0 aliphatic heterocycles. The fourth-order valence-corrected chi connectivity index (χ4v) is 3.11. The first kappa shape index (κ1) is 14.3. The smallest absolute Gasteiger partial charge is 0.123 e. The Hall–Kier alpha value is -1.67. The summed E-state index contributed by atoms with van der Waals surface area (Å²) in [5, 5.41) is 3.61. The lowest BCUT2D eigenvalue weighted by Crippen LogP contribution is -2.40. The topological polar surface area (TPSA) is 12.0 Å². The highest BCUT2D eigenvalue weighted by molar-refractivity contribution is 5.24. The lowest BCUT2D eigenvalue weighted by atomic mass is 9.76. The number of halogens is 1. The molecule has 0 spiro atoms. The predicted molar refractivity (Wildman–Crippen MR) is 85.0 cm³/mol. The molecular formula is C19H22FN. The van der Waals surface area contributed by atoms with Gasteiger partial charge >= 0.3 is 0 Å². The number of hydrogen-bond acceptors (Lipinski definition) is 1. The SMILES string of the molecule is Cc1cccc(CCNC2CC(c3cccc(F)c3)C2)c1. The molecule has 0 unspecified atom stereocenters. The van der Waals surface area contributed by atoms with Gasteiger partial charge in [-0.3, -0.25) is 0 Å². The largest absolute Gasteiger partial charge is 0.314 e. The van der Waals surface area contributed by atoms with Crippen LogP contribution in [0.15, 0.2) is 48.5 Å². The van der Waals surface area contributed by atoms with E-state index in [1.807, 2.05) is 12.1 Å². The molecule has 0 heterocycles. The van der Waals surface area contributed by atoms with Gasteiger partial charge in [0.2, 0.25) is 0 Å². The molecule has 2 heteroatoms. The second-order valence-corrected chi connectivity index (χ2v) is 6.11. The van der Waals surface area contributed by atoms with Crippen LogP contribution in [-0.2, 0) is 6.42 Å². The summed E-state index contributed by atoms with van der Waals surface area (Å²) in [7, 11) is 0. The fourth-order valence-electron chi connectivity index (χ4n) is 3.11. The highest BCUT2D eigenvalue weighted by atomic mass is 19.1. The number of nitrogens with one attached hydrogen (secondary N) is 1. The van der Waals surface area contributed by atoms with Crippen molar-refractivity contribution in [3.05, 3.63) is 71.0 Å². The summed E-state index contributed by atoms with van der Waals surface area (Å²) < 4.78 is 13.2. The van der Waals surface area contributed by atoms with Gasteiger partial charge in [-0.05, 0) is 61.9 Å². The summed E-state index contributed by atoms with van der Waals surface area (Å²) in [6.45, 7) is 3.15. The van der Waals surface area contributed by atoms with Gasteiger partial charge in [0, 0.05) is 6.04 Å². The van der Waals surface area contributed by atoms with Crippen molar-refractivity contribution in [2.24, 2.45) is 0 Å². The third-order valence-electron chi connectivity index (χ3n) is 4.39. The number of rotatable bonds is 5. The number of aryl methyl sites for hydroxylation is 1. The molecule has 0 bridgehead atoms. The average Bonchev–Trinajstić information content (AvgIpc) is 2.41. The summed E-state index contributed by atoms with van der Waals surface area (Å²) in [6.07, 6.45) is 3.32. The molecule has 2 aromatic carbocycles. The second-order valence-electron chi connectivity index (χ2n) is 6.11. The summed E-state index contributed by atoms with van der Waals surface area (Å²) in [5.74, 6) is 0.403. The zero-order chi connectivity index (χ0) is 14.7. The van der Waals surface area contributed by atoms with Crippen LogP contribution in [0.1, 0.15) is 35.4 Å². The van der Waals surface area contributed by atoms with Crippen molar-refractivity contribution < 1.29 is 4.39 Å². The van der Waals surface area contributed by atoms with Gasteiger partial charge in [0.05, 0.1) is 0 Å². The highest BCUT2D eigenvalue weighted by Gasteiger charge is 2.29. The molecule has 1 saturated carbocycles. The Labute approximate surface area is 126 Å². The summed E-state index contributed by atoms with van der Waals surface area (Å²) >= 11 is 0. The molecular weight excluding hydrogens is 261 g/mol. The van der Waals surface area contributed by atoms with Crippen molar-refractivity contribution in [2.45, 2.75) is 38.1 Å². The van der Waals surface area contributed by atoms with E-state index in [1.54, 1.807) is 6.07 Å². The molecule has 2 aromatic rings. The molecule has 21 heavy (non-hydrogen) atoms. The Balaban J connectivity index is 1.41. The van der Waals surface area contributed by atoms with E-state index >= 15 is 0 Å². The normalized spacial score (nSPS) is 21.0. The standard InChI is InChI=1S/C19H22FN/c1-14-4-2-5-15(10-14)8-9-21-19-12-17(13-19)16-6-3-7-18(20)11-16/h2-7,10-11,17,19,21H,8-9,12-13H2,1H3. The Morgan fingerprint density at radius 2 is 1.90 bits per heavy atom. The lowest BCUT2D eigenvalue weighted by molar-refractivity contribution is 0.292. The third-order valence-corrected chi connectivity index (χ3v) is 4.39. The van der Waals surface area contributed by atoms with Crippen LogP contribution >= 0.6 is 0 Å². The molecule has 1 aliphatic rings. The molecule has 110 valence electrons. The van der Waals surface area contributed by atoms with Crippen LogP contribution in [0.25, 0.3) is 0 Å². The maximum Gasteiger partial charge on any atom is 0.123 e. The third kappa shape index (κ3) is 3.70. The van der Waals surface area contributed by atoms with Crippen LogP contribution in [-0.4, -0.2) is 12.6 Å².